The van der Waals surface area contributed by atoms with Crippen molar-refractivity contribution in [3.05, 3.63) is 143 Å². The summed E-state index contributed by atoms with van der Waals surface area (Å²) in [5, 5.41) is 1.42. The third kappa shape index (κ3) is 4.91. The lowest BCUT2D eigenvalue weighted by Crippen LogP contribution is -2.23. The monoisotopic (exact) mass is 576 g/mol. The lowest BCUT2D eigenvalue weighted by molar-refractivity contribution is 0.443. The summed E-state index contributed by atoms with van der Waals surface area (Å²) in [4.78, 5) is 2.48. The van der Waals surface area contributed by atoms with Gasteiger partial charge in [0.05, 0.1) is 5.52 Å². The van der Waals surface area contributed by atoms with E-state index in [4.69, 9.17) is 0 Å². The standard InChI is InChI=1S/C42H44N2/c1-6-33-16-9-7-8-14-32-15-10-12-18-39(32)43(33)34-20-22-36(29(3)26-34)37-23-21-35(27-30(37)4)44-40-19-13-11-17-38(40)42-31(5)24-28(2)25-41(42)44/h6-11,13,15-17,19-23,26-28,31H,12,14,18,24-25H2,1-5H3/b8-7-,16-9-,33-6+. The molecule has 0 saturated heterocycles. The van der Waals surface area contributed by atoms with Crippen LogP contribution in [0.5, 0.6) is 0 Å². The molecule has 3 aliphatic rings. The van der Waals surface area contributed by atoms with Gasteiger partial charge in [0.2, 0.25) is 0 Å². The highest BCUT2D eigenvalue weighted by Crippen LogP contribution is 2.43. The molecule has 7 rings (SSSR count). The number of benzene rings is 3. The maximum Gasteiger partial charge on any atom is 0.0534 e. The van der Waals surface area contributed by atoms with E-state index in [0.29, 0.717) is 11.8 Å². The number of allylic oxidation sites excluding steroid dienone is 9. The van der Waals surface area contributed by atoms with Gasteiger partial charge in [-0.25, -0.2) is 0 Å². The van der Waals surface area contributed by atoms with Crippen LogP contribution in [0.15, 0.2) is 120 Å². The van der Waals surface area contributed by atoms with Crippen LogP contribution in [0.1, 0.15) is 74.8 Å². The van der Waals surface area contributed by atoms with Crippen molar-refractivity contribution in [1.82, 2.24) is 4.57 Å². The summed E-state index contributed by atoms with van der Waals surface area (Å²) >= 11 is 0. The molecule has 2 unspecified atom stereocenters. The van der Waals surface area contributed by atoms with Gasteiger partial charge in [0.25, 0.3) is 0 Å². The SMILES string of the molecule is C\C=C1/C=C\C=C/CC2=C(CCC=C2)N1c1ccc(-c2ccc(-n3c4c(c5ccccc53)C(C)CC(C)C4)cc2C)c(C)c1. The van der Waals surface area contributed by atoms with Crippen LogP contribution in [0.25, 0.3) is 27.7 Å². The molecule has 2 heterocycles. The number of aromatic nitrogens is 1. The molecule has 2 aliphatic carbocycles. The normalized spacial score (nSPS) is 22.4. The predicted molar refractivity (Wildman–Crippen MR) is 189 cm³/mol. The van der Waals surface area contributed by atoms with Gasteiger partial charge < -0.3 is 9.47 Å². The second-order valence-electron chi connectivity index (χ2n) is 13.1. The highest BCUT2D eigenvalue weighted by molar-refractivity contribution is 5.88. The van der Waals surface area contributed by atoms with E-state index in [0.717, 1.165) is 25.7 Å². The van der Waals surface area contributed by atoms with Crippen molar-refractivity contribution >= 4 is 16.6 Å². The van der Waals surface area contributed by atoms with E-state index in [2.05, 4.69) is 147 Å². The van der Waals surface area contributed by atoms with Crippen molar-refractivity contribution < 1.29 is 0 Å². The topological polar surface area (TPSA) is 8.17 Å². The molecule has 1 aliphatic heterocycles. The lowest BCUT2D eigenvalue weighted by atomic mass is 9.81. The Morgan fingerprint density at radius 2 is 1.57 bits per heavy atom. The van der Waals surface area contributed by atoms with E-state index >= 15 is 0 Å². The fourth-order valence-electron chi connectivity index (χ4n) is 8.01. The highest BCUT2D eigenvalue weighted by atomic mass is 15.2. The molecule has 2 heteroatoms. The van der Waals surface area contributed by atoms with Crippen LogP contribution >= 0.6 is 0 Å². The van der Waals surface area contributed by atoms with Gasteiger partial charge in [0.1, 0.15) is 0 Å². The first-order chi connectivity index (χ1) is 21.4. The Kier molecular flexibility index (Phi) is 7.54. The van der Waals surface area contributed by atoms with Gasteiger partial charge in [0, 0.05) is 33.8 Å². The molecule has 2 atom stereocenters. The Morgan fingerprint density at radius 3 is 2.34 bits per heavy atom. The van der Waals surface area contributed by atoms with Crippen LogP contribution in [-0.2, 0) is 6.42 Å². The summed E-state index contributed by atoms with van der Waals surface area (Å²) in [5.41, 5.74) is 16.2. The van der Waals surface area contributed by atoms with Crippen molar-refractivity contribution in [2.45, 2.75) is 72.6 Å². The van der Waals surface area contributed by atoms with E-state index in [1.165, 1.54) is 73.6 Å². The Labute approximate surface area is 263 Å². The molecule has 0 spiro atoms. The van der Waals surface area contributed by atoms with E-state index in [9.17, 15) is 0 Å². The molecule has 222 valence electrons. The zero-order valence-corrected chi connectivity index (χ0v) is 26.9. The van der Waals surface area contributed by atoms with Crippen molar-refractivity contribution in [2.24, 2.45) is 5.92 Å². The number of aryl methyl sites for hydroxylation is 2. The molecule has 4 aromatic rings. The summed E-state index contributed by atoms with van der Waals surface area (Å²) in [5.74, 6) is 1.29. The minimum atomic E-state index is 0.589. The van der Waals surface area contributed by atoms with Gasteiger partial charge in [-0.1, -0.05) is 80.6 Å². The van der Waals surface area contributed by atoms with Crippen LogP contribution in [0.2, 0.25) is 0 Å². The largest absolute Gasteiger partial charge is 0.314 e. The van der Waals surface area contributed by atoms with E-state index in [1.807, 2.05) is 0 Å². The molecule has 1 aromatic heterocycles. The molecule has 3 aromatic carbocycles. The average molecular weight is 577 g/mol. The fourth-order valence-corrected chi connectivity index (χ4v) is 8.01. The molecule has 0 N–H and O–H groups in total. The van der Waals surface area contributed by atoms with Gasteiger partial charge in [0.15, 0.2) is 0 Å². The van der Waals surface area contributed by atoms with Crippen LogP contribution in [0.4, 0.5) is 5.69 Å². The zero-order valence-electron chi connectivity index (χ0n) is 26.9. The smallest absolute Gasteiger partial charge is 0.0534 e. The first kappa shape index (κ1) is 28.5. The quantitative estimate of drug-likeness (QED) is 0.235. The van der Waals surface area contributed by atoms with Gasteiger partial charge in [-0.05, 0) is 135 Å². The van der Waals surface area contributed by atoms with Gasteiger partial charge in [-0.3, -0.25) is 0 Å². The minimum absolute atomic E-state index is 0.589. The van der Waals surface area contributed by atoms with Crippen LogP contribution in [0.3, 0.4) is 0 Å². The number of fused-ring (bicyclic) bond motifs is 3. The number of para-hydroxylation sites is 1. The lowest BCUT2D eigenvalue weighted by Gasteiger charge is -2.32. The molecule has 0 radical (unpaired) electrons. The van der Waals surface area contributed by atoms with E-state index < -0.39 is 0 Å². The number of rotatable bonds is 3. The molecule has 0 amide bonds. The molecular formula is C42H44N2. The highest BCUT2D eigenvalue weighted by Gasteiger charge is 2.29. The fraction of sp³-hybridized carbons (Fsp3) is 0.286. The molecule has 44 heavy (non-hydrogen) atoms. The second-order valence-corrected chi connectivity index (χ2v) is 13.1. The molecule has 0 saturated carbocycles. The molecule has 2 nitrogen and oxygen atoms in total. The molecular weight excluding hydrogens is 532 g/mol. The molecule has 0 fully saturated rings. The summed E-state index contributed by atoms with van der Waals surface area (Å²) < 4.78 is 2.55. The Balaban J connectivity index is 1.29. The van der Waals surface area contributed by atoms with Crippen LogP contribution in [-0.4, -0.2) is 4.57 Å². The Bertz CT molecular complexity index is 1900. The van der Waals surface area contributed by atoms with Crippen molar-refractivity contribution in [1.29, 1.82) is 0 Å². The van der Waals surface area contributed by atoms with Crippen LogP contribution < -0.4 is 4.90 Å². The van der Waals surface area contributed by atoms with E-state index in [1.54, 1.807) is 5.56 Å². The Hall–Kier alpha value is -4.30. The van der Waals surface area contributed by atoms with Crippen molar-refractivity contribution in [2.75, 3.05) is 4.90 Å². The van der Waals surface area contributed by atoms with Gasteiger partial charge >= 0.3 is 0 Å². The summed E-state index contributed by atoms with van der Waals surface area (Å²) in [7, 11) is 0. The van der Waals surface area contributed by atoms with E-state index in [-0.39, 0.29) is 0 Å². The van der Waals surface area contributed by atoms with Gasteiger partial charge in [-0.15, -0.1) is 0 Å². The van der Waals surface area contributed by atoms with Gasteiger partial charge in [-0.2, -0.15) is 0 Å². The summed E-state index contributed by atoms with van der Waals surface area (Å²) in [6.07, 6.45) is 21.2. The number of anilines is 1. The third-order valence-electron chi connectivity index (χ3n) is 9.95. The first-order valence-corrected chi connectivity index (χ1v) is 16.5. The number of nitrogens with zero attached hydrogens (tertiary/aromatic N) is 2. The number of hydrogen-bond donors (Lipinski definition) is 0. The minimum Gasteiger partial charge on any atom is -0.314 e. The first-order valence-electron chi connectivity index (χ1n) is 16.5. The third-order valence-corrected chi connectivity index (χ3v) is 9.95. The van der Waals surface area contributed by atoms with Crippen molar-refractivity contribution in [3.8, 4) is 16.8 Å². The zero-order chi connectivity index (χ0) is 30.4. The summed E-state index contributed by atoms with van der Waals surface area (Å²) in [6, 6.07) is 23.1. The maximum absolute atomic E-state index is 2.55. The van der Waals surface area contributed by atoms with Crippen molar-refractivity contribution in [3.63, 3.8) is 0 Å². The average Bonchev–Trinajstić information content (AvgIpc) is 3.39. The maximum atomic E-state index is 2.55. The summed E-state index contributed by atoms with van der Waals surface area (Å²) in [6.45, 7) is 11.5. The predicted octanol–water partition coefficient (Wildman–Crippen LogP) is 11.4. The number of hydrogen-bond acceptors (Lipinski definition) is 1. The second kappa shape index (κ2) is 11.7. The van der Waals surface area contributed by atoms with Crippen LogP contribution in [0, 0.1) is 19.8 Å². The Morgan fingerprint density at radius 1 is 0.818 bits per heavy atom. The molecule has 0 bridgehead atoms.